The van der Waals surface area contributed by atoms with Crippen LogP contribution in [0.2, 0.25) is 0 Å². The monoisotopic (exact) mass is 235 g/mol. The Morgan fingerprint density at radius 3 is 2.35 bits per heavy atom. The highest BCUT2D eigenvalue weighted by Crippen LogP contribution is 2.23. The van der Waals surface area contributed by atoms with Crippen molar-refractivity contribution in [1.82, 2.24) is 6.15 Å². The normalized spacial score (nSPS) is 9.41. The number of esters is 1. The average Bonchev–Trinajstić information content (AvgIpc) is 2.25. The standard InChI is InChI=1S/C14H18O2.H3N/c1-6-13-7-14(8-16-12(5)15)11(4)9(2)10(13)3;/h6-7H,1,8H2,2-5H3;1H3. The molecule has 0 unspecified atom stereocenters. The fourth-order valence-electron chi connectivity index (χ4n) is 1.68. The largest absolute Gasteiger partial charge is 0.461 e. The van der Waals surface area contributed by atoms with Gasteiger partial charge in [0.1, 0.15) is 6.61 Å². The Hall–Kier alpha value is -1.61. The number of carbonyl (C=O) groups is 1. The molecule has 17 heavy (non-hydrogen) atoms. The van der Waals surface area contributed by atoms with E-state index in [-0.39, 0.29) is 12.1 Å². The maximum Gasteiger partial charge on any atom is 0.302 e. The molecule has 1 aromatic carbocycles. The van der Waals surface area contributed by atoms with Crippen molar-refractivity contribution in [2.45, 2.75) is 34.3 Å². The van der Waals surface area contributed by atoms with Crippen LogP contribution in [0.5, 0.6) is 0 Å². The maximum atomic E-state index is 10.8. The van der Waals surface area contributed by atoms with Gasteiger partial charge in [-0.3, -0.25) is 4.79 Å². The molecule has 1 rings (SSSR count). The summed E-state index contributed by atoms with van der Waals surface area (Å²) in [5.74, 6) is -0.252. The highest BCUT2D eigenvalue weighted by Gasteiger charge is 2.08. The minimum Gasteiger partial charge on any atom is -0.461 e. The number of benzene rings is 1. The lowest BCUT2D eigenvalue weighted by molar-refractivity contribution is -0.142. The molecule has 0 saturated heterocycles. The molecule has 0 spiro atoms. The third kappa shape index (κ3) is 3.43. The Morgan fingerprint density at radius 1 is 1.29 bits per heavy atom. The highest BCUT2D eigenvalue weighted by molar-refractivity contribution is 5.66. The Labute approximate surface area is 103 Å². The van der Waals surface area contributed by atoms with Crippen LogP contribution in [0.3, 0.4) is 0 Å². The van der Waals surface area contributed by atoms with Crippen molar-refractivity contribution in [2.24, 2.45) is 0 Å². The maximum absolute atomic E-state index is 10.8. The molecule has 1 aromatic rings. The molecule has 0 heterocycles. The Bertz CT molecular complexity index is 436. The van der Waals surface area contributed by atoms with Gasteiger partial charge in [-0.1, -0.05) is 12.7 Å². The minimum absolute atomic E-state index is 0. The van der Waals surface area contributed by atoms with E-state index in [1.54, 1.807) is 0 Å². The van der Waals surface area contributed by atoms with E-state index in [2.05, 4.69) is 20.4 Å². The second-order valence-corrected chi connectivity index (χ2v) is 3.98. The summed E-state index contributed by atoms with van der Waals surface area (Å²) in [4.78, 5) is 10.8. The molecule has 0 saturated carbocycles. The lowest BCUT2D eigenvalue weighted by atomic mass is 9.94. The first kappa shape index (κ1) is 15.4. The van der Waals surface area contributed by atoms with Crippen molar-refractivity contribution in [2.75, 3.05) is 0 Å². The van der Waals surface area contributed by atoms with Crippen LogP contribution >= 0.6 is 0 Å². The van der Waals surface area contributed by atoms with E-state index in [9.17, 15) is 4.79 Å². The average molecular weight is 235 g/mol. The molecule has 0 radical (unpaired) electrons. The molecular formula is C14H21NO2. The summed E-state index contributed by atoms with van der Waals surface area (Å²) in [6.45, 7) is 11.8. The first-order chi connectivity index (χ1) is 7.47. The van der Waals surface area contributed by atoms with Gasteiger partial charge in [-0.25, -0.2) is 0 Å². The number of carbonyl (C=O) groups excluding carboxylic acids is 1. The molecule has 3 nitrogen and oxygen atoms in total. The van der Waals surface area contributed by atoms with Crippen molar-refractivity contribution in [1.29, 1.82) is 0 Å². The van der Waals surface area contributed by atoms with Crippen LogP contribution in [-0.2, 0) is 16.1 Å². The Kier molecular flexibility index (Phi) is 5.62. The van der Waals surface area contributed by atoms with Gasteiger partial charge in [0.25, 0.3) is 0 Å². The van der Waals surface area contributed by atoms with E-state index in [0.29, 0.717) is 6.61 Å². The predicted octanol–water partition coefficient (Wildman–Crippen LogP) is 3.48. The van der Waals surface area contributed by atoms with Gasteiger partial charge in [-0.15, -0.1) is 0 Å². The van der Waals surface area contributed by atoms with E-state index >= 15 is 0 Å². The summed E-state index contributed by atoms with van der Waals surface area (Å²) in [5, 5.41) is 0. The first-order valence-corrected chi connectivity index (χ1v) is 5.32. The van der Waals surface area contributed by atoms with Gasteiger partial charge in [-0.2, -0.15) is 0 Å². The van der Waals surface area contributed by atoms with E-state index < -0.39 is 0 Å². The van der Waals surface area contributed by atoms with Gasteiger partial charge in [-0.05, 0) is 54.7 Å². The summed E-state index contributed by atoms with van der Waals surface area (Å²) in [6, 6.07) is 2.04. The van der Waals surface area contributed by atoms with Gasteiger partial charge >= 0.3 is 5.97 Å². The molecular weight excluding hydrogens is 214 g/mol. The van der Waals surface area contributed by atoms with E-state index in [1.807, 2.05) is 19.1 Å². The molecule has 0 aromatic heterocycles. The van der Waals surface area contributed by atoms with E-state index in [4.69, 9.17) is 4.74 Å². The number of rotatable bonds is 3. The second-order valence-electron chi connectivity index (χ2n) is 3.98. The van der Waals surface area contributed by atoms with Gasteiger partial charge in [0.2, 0.25) is 0 Å². The number of hydrogen-bond donors (Lipinski definition) is 1. The lowest BCUT2D eigenvalue weighted by Crippen LogP contribution is -2.03. The zero-order valence-electron chi connectivity index (χ0n) is 11.1. The van der Waals surface area contributed by atoms with Crippen LogP contribution in [0.4, 0.5) is 0 Å². The quantitative estimate of drug-likeness (QED) is 0.816. The highest BCUT2D eigenvalue weighted by atomic mass is 16.5. The van der Waals surface area contributed by atoms with Crippen LogP contribution in [0, 0.1) is 20.8 Å². The van der Waals surface area contributed by atoms with Gasteiger partial charge < -0.3 is 10.9 Å². The topological polar surface area (TPSA) is 61.3 Å². The SMILES string of the molecule is C=Cc1cc(COC(C)=O)c(C)c(C)c1C.N. The van der Waals surface area contributed by atoms with Crippen LogP contribution < -0.4 is 6.15 Å². The van der Waals surface area contributed by atoms with Crippen molar-refractivity contribution >= 4 is 12.0 Å². The van der Waals surface area contributed by atoms with Crippen molar-refractivity contribution < 1.29 is 9.53 Å². The third-order valence-corrected chi connectivity index (χ3v) is 3.02. The molecule has 94 valence electrons. The lowest BCUT2D eigenvalue weighted by Gasteiger charge is -2.14. The van der Waals surface area contributed by atoms with Crippen LogP contribution in [0.1, 0.15) is 34.7 Å². The minimum atomic E-state index is -0.252. The Morgan fingerprint density at radius 2 is 1.88 bits per heavy atom. The molecule has 0 aliphatic heterocycles. The first-order valence-electron chi connectivity index (χ1n) is 5.32. The molecule has 3 N–H and O–H groups in total. The fraction of sp³-hybridized carbons (Fsp3) is 0.357. The molecule has 0 amide bonds. The summed E-state index contributed by atoms with van der Waals surface area (Å²) in [7, 11) is 0. The summed E-state index contributed by atoms with van der Waals surface area (Å²) in [6.07, 6.45) is 1.83. The Balaban J connectivity index is 0.00000256. The second kappa shape index (κ2) is 6.21. The number of ether oxygens (including phenoxy) is 1. The van der Waals surface area contributed by atoms with Crippen molar-refractivity contribution in [3.05, 3.63) is 40.5 Å². The number of hydrogen-bond acceptors (Lipinski definition) is 3. The fourth-order valence-corrected chi connectivity index (χ4v) is 1.68. The zero-order chi connectivity index (χ0) is 12.3. The van der Waals surface area contributed by atoms with Crippen LogP contribution in [0.25, 0.3) is 6.08 Å². The smallest absolute Gasteiger partial charge is 0.302 e. The van der Waals surface area contributed by atoms with Crippen molar-refractivity contribution in [3.8, 4) is 0 Å². The van der Waals surface area contributed by atoms with Gasteiger partial charge in [0, 0.05) is 6.92 Å². The predicted molar refractivity (Wildman–Crippen MR) is 71.2 cm³/mol. The van der Waals surface area contributed by atoms with Crippen LogP contribution in [-0.4, -0.2) is 5.97 Å². The molecule has 3 heteroatoms. The van der Waals surface area contributed by atoms with Gasteiger partial charge in [0.15, 0.2) is 0 Å². The third-order valence-electron chi connectivity index (χ3n) is 3.02. The van der Waals surface area contributed by atoms with E-state index in [1.165, 1.54) is 23.6 Å². The van der Waals surface area contributed by atoms with Crippen LogP contribution in [0.15, 0.2) is 12.6 Å². The summed E-state index contributed by atoms with van der Waals surface area (Å²) >= 11 is 0. The molecule has 0 aliphatic carbocycles. The molecule has 0 aliphatic rings. The zero-order valence-corrected chi connectivity index (χ0v) is 11.1. The molecule has 0 atom stereocenters. The van der Waals surface area contributed by atoms with Crippen molar-refractivity contribution in [3.63, 3.8) is 0 Å². The molecule has 0 fully saturated rings. The summed E-state index contributed by atoms with van der Waals surface area (Å²) in [5.41, 5.74) is 5.81. The van der Waals surface area contributed by atoms with E-state index in [0.717, 1.165) is 11.1 Å². The molecule has 0 bridgehead atoms. The van der Waals surface area contributed by atoms with Gasteiger partial charge in [0.05, 0.1) is 0 Å². The summed E-state index contributed by atoms with van der Waals surface area (Å²) < 4.78 is 5.03.